The summed E-state index contributed by atoms with van der Waals surface area (Å²) in [5.41, 5.74) is 10.9. The first kappa shape index (κ1) is 21.9. The van der Waals surface area contributed by atoms with Crippen molar-refractivity contribution in [3.05, 3.63) is 95.2 Å². The molecule has 180 valence electrons. The van der Waals surface area contributed by atoms with Crippen LogP contribution in [0.5, 0.6) is 0 Å². The number of hydrogen-bond donors (Lipinski definition) is 2. The number of para-hydroxylation sites is 2. The van der Waals surface area contributed by atoms with Gasteiger partial charge in [0.15, 0.2) is 0 Å². The predicted molar refractivity (Wildman–Crippen MR) is 138 cm³/mol. The van der Waals surface area contributed by atoms with Gasteiger partial charge in [0.05, 0.1) is 16.9 Å². The van der Waals surface area contributed by atoms with Crippen molar-refractivity contribution in [2.24, 2.45) is 5.73 Å². The Morgan fingerprint density at radius 2 is 1.72 bits per heavy atom. The van der Waals surface area contributed by atoms with Gasteiger partial charge in [-0.1, -0.05) is 30.3 Å². The highest BCUT2D eigenvalue weighted by Crippen LogP contribution is 2.44. The number of anilines is 2. The summed E-state index contributed by atoms with van der Waals surface area (Å²) in [6, 6.07) is 22.2. The summed E-state index contributed by atoms with van der Waals surface area (Å²) >= 11 is 0. The van der Waals surface area contributed by atoms with Gasteiger partial charge in [0, 0.05) is 35.7 Å². The van der Waals surface area contributed by atoms with Crippen molar-refractivity contribution in [2.45, 2.75) is 19.1 Å². The highest BCUT2D eigenvalue weighted by Gasteiger charge is 2.42. The number of rotatable bonds is 4. The van der Waals surface area contributed by atoms with E-state index < -0.39 is 5.91 Å². The van der Waals surface area contributed by atoms with Gasteiger partial charge in [-0.05, 0) is 54.4 Å². The average Bonchev–Trinajstić information content (AvgIpc) is 3.20. The molecule has 3 N–H and O–H groups in total. The SMILES string of the molecule is CN1c2ccccc2C(=O)N2CCc3c(n(CC(=O)Nc4ccc(C(N)=O)cc4)c4ccccc34)C21. The maximum atomic E-state index is 13.4. The number of nitrogens with zero attached hydrogens (tertiary/aromatic N) is 3. The Labute approximate surface area is 207 Å². The molecule has 1 atom stereocenters. The van der Waals surface area contributed by atoms with Crippen molar-refractivity contribution in [1.29, 1.82) is 0 Å². The van der Waals surface area contributed by atoms with E-state index in [-0.39, 0.29) is 24.5 Å². The molecule has 1 aromatic heterocycles. The molecule has 8 heteroatoms. The molecular formula is C28H25N5O3. The average molecular weight is 480 g/mol. The van der Waals surface area contributed by atoms with Crippen LogP contribution in [0.1, 0.15) is 38.1 Å². The van der Waals surface area contributed by atoms with Gasteiger partial charge in [0.1, 0.15) is 12.7 Å². The lowest BCUT2D eigenvalue weighted by Crippen LogP contribution is -2.51. The number of nitrogens with two attached hydrogens (primary N) is 1. The number of carbonyl (C=O) groups excluding carboxylic acids is 3. The van der Waals surface area contributed by atoms with Gasteiger partial charge in [-0.15, -0.1) is 0 Å². The Kier molecular flexibility index (Phi) is 5.03. The summed E-state index contributed by atoms with van der Waals surface area (Å²) in [5.74, 6) is -0.710. The number of carbonyl (C=O) groups is 3. The van der Waals surface area contributed by atoms with E-state index in [1.165, 1.54) is 5.56 Å². The molecule has 1 unspecified atom stereocenters. The Balaban J connectivity index is 1.41. The molecular weight excluding hydrogens is 454 g/mol. The lowest BCUT2D eigenvalue weighted by molar-refractivity contribution is -0.116. The number of aromatic nitrogens is 1. The lowest BCUT2D eigenvalue weighted by Gasteiger charge is -2.46. The predicted octanol–water partition coefficient (Wildman–Crippen LogP) is 3.53. The molecule has 0 radical (unpaired) electrons. The Bertz CT molecular complexity index is 1540. The van der Waals surface area contributed by atoms with E-state index in [4.69, 9.17) is 5.73 Å². The fraction of sp³-hybridized carbons (Fsp3) is 0.179. The molecule has 0 fully saturated rings. The van der Waals surface area contributed by atoms with Crippen LogP contribution in [0.3, 0.4) is 0 Å². The van der Waals surface area contributed by atoms with Crippen LogP contribution < -0.4 is 16.0 Å². The van der Waals surface area contributed by atoms with Gasteiger partial charge in [-0.2, -0.15) is 0 Å². The molecule has 4 aromatic rings. The zero-order valence-corrected chi connectivity index (χ0v) is 19.8. The first-order valence-corrected chi connectivity index (χ1v) is 11.9. The first-order chi connectivity index (χ1) is 17.4. The molecule has 0 spiro atoms. The maximum absolute atomic E-state index is 13.4. The van der Waals surface area contributed by atoms with Gasteiger partial charge in [0.2, 0.25) is 11.8 Å². The topological polar surface area (TPSA) is 101 Å². The number of hydrogen-bond acceptors (Lipinski definition) is 4. The van der Waals surface area contributed by atoms with Crippen molar-refractivity contribution in [3.8, 4) is 0 Å². The molecule has 3 heterocycles. The second-order valence-corrected chi connectivity index (χ2v) is 9.21. The molecule has 3 amide bonds. The number of amides is 3. The summed E-state index contributed by atoms with van der Waals surface area (Å²) in [4.78, 5) is 42.0. The van der Waals surface area contributed by atoms with Crippen LogP contribution in [0.25, 0.3) is 10.9 Å². The Morgan fingerprint density at radius 3 is 2.50 bits per heavy atom. The third kappa shape index (κ3) is 3.33. The quantitative estimate of drug-likeness (QED) is 0.468. The minimum atomic E-state index is -0.518. The van der Waals surface area contributed by atoms with Crippen LogP contribution in [-0.2, 0) is 17.8 Å². The zero-order chi connectivity index (χ0) is 25.0. The van der Waals surface area contributed by atoms with Crippen LogP contribution in [-0.4, -0.2) is 40.8 Å². The highest BCUT2D eigenvalue weighted by molar-refractivity contribution is 6.03. The summed E-state index contributed by atoms with van der Waals surface area (Å²) < 4.78 is 2.03. The van der Waals surface area contributed by atoms with Gasteiger partial charge in [0.25, 0.3) is 5.91 Å². The Morgan fingerprint density at radius 1 is 1.00 bits per heavy atom. The molecule has 0 aliphatic carbocycles. The summed E-state index contributed by atoms with van der Waals surface area (Å²) in [6.45, 7) is 0.697. The molecule has 8 nitrogen and oxygen atoms in total. The van der Waals surface area contributed by atoms with Crippen molar-refractivity contribution in [1.82, 2.24) is 9.47 Å². The molecule has 0 saturated heterocycles. The van der Waals surface area contributed by atoms with Gasteiger partial charge in [-0.3, -0.25) is 14.4 Å². The van der Waals surface area contributed by atoms with Gasteiger partial charge >= 0.3 is 0 Å². The largest absolute Gasteiger partial charge is 0.366 e. The van der Waals surface area contributed by atoms with E-state index in [0.717, 1.165) is 28.7 Å². The molecule has 0 bridgehead atoms. The van der Waals surface area contributed by atoms with Crippen molar-refractivity contribution < 1.29 is 14.4 Å². The van der Waals surface area contributed by atoms with Crippen molar-refractivity contribution in [2.75, 3.05) is 23.8 Å². The molecule has 2 aliphatic rings. The summed E-state index contributed by atoms with van der Waals surface area (Å²) in [5, 5.41) is 4.02. The second kappa shape index (κ2) is 8.27. The van der Waals surface area contributed by atoms with E-state index in [0.29, 0.717) is 23.4 Å². The number of nitrogens with one attached hydrogen (secondary N) is 1. The minimum absolute atomic E-state index is 0.00940. The van der Waals surface area contributed by atoms with E-state index in [1.54, 1.807) is 24.3 Å². The van der Waals surface area contributed by atoms with Gasteiger partial charge < -0.3 is 25.4 Å². The van der Waals surface area contributed by atoms with Crippen LogP contribution in [0.4, 0.5) is 11.4 Å². The minimum Gasteiger partial charge on any atom is -0.366 e. The van der Waals surface area contributed by atoms with Crippen LogP contribution in [0.15, 0.2) is 72.8 Å². The second-order valence-electron chi connectivity index (χ2n) is 9.21. The standard InChI is InChI=1S/C28H25N5O3/c1-31-22-8-4-3-7-21(22)28(36)32-15-14-20-19-6-2-5-9-23(19)33(25(20)27(31)32)16-24(34)30-18-12-10-17(11-13-18)26(29)35/h2-13,27H,14-16H2,1H3,(H2,29,35)(H,30,34). The smallest absolute Gasteiger partial charge is 0.257 e. The van der Waals surface area contributed by atoms with Crippen LogP contribution in [0, 0.1) is 0 Å². The molecule has 0 saturated carbocycles. The van der Waals surface area contributed by atoms with E-state index in [2.05, 4.69) is 16.3 Å². The van der Waals surface area contributed by atoms with E-state index in [9.17, 15) is 14.4 Å². The van der Waals surface area contributed by atoms with E-state index in [1.807, 2.05) is 59.0 Å². The summed E-state index contributed by atoms with van der Waals surface area (Å²) in [6.07, 6.45) is 0.406. The number of benzene rings is 3. The zero-order valence-electron chi connectivity index (χ0n) is 19.8. The van der Waals surface area contributed by atoms with Crippen molar-refractivity contribution in [3.63, 3.8) is 0 Å². The molecule has 2 aliphatic heterocycles. The van der Waals surface area contributed by atoms with E-state index >= 15 is 0 Å². The monoisotopic (exact) mass is 479 g/mol. The molecule has 6 rings (SSSR count). The summed E-state index contributed by atoms with van der Waals surface area (Å²) in [7, 11) is 2.00. The number of primary amides is 1. The molecule has 36 heavy (non-hydrogen) atoms. The number of fused-ring (bicyclic) bond motifs is 6. The third-order valence-corrected chi connectivity index (χ3v) is 7.16. The first-order valence-electron chi connectivity index (χ1n) is 11.9. The molecule has 3 aromatic carbocycles. The van der Waals surface area contributed by atoms with Crippen LogP contribution >= 0.6 is 0 Å². The lowest BCUT2D eigenvalue weighted by atomic mass is 9.96. The normalized spacial score (nSPS) is 16.4. The van der Waals surface area contributed by atoms with Crippen molar-refractivity contribution >= 4 is 40.0 Å². The van der Waals surface area contributed by atoms with Gasteiger partial charge in [-0.25, -0.2) is 0 Å². The third-order valence-electron chi connectivity index (χ3n) is 7.16. The maximum Gasteiger partial charge on any atom is 0.257 e. The fourth-order valence-electron chi connectivity index (χ4n) is 5.54. The highest BCUT2D eigenvalue weighted by atomic mass is 16.2. The fourth-order valence-corrected chi connectivity index (χ4v) is 5.54. The van der Waals surface area contributed by atoms with Crippen LogP contribution in [0.2, 0.25) is 0 Å². The Hall–Kier alpha value is -4.59.